The Bertz CT molecular complexity index is 478. The largest absolute Gasteiger partial charge is 0.339 e. The highest BCUT2D eigenvalue weighted by Crippen LogP contribution is 2.23. The number of nitrogens with zero attached hydrogens (tertiary/aromatic N) is 3. The predicted molar refractivity (Wildman–Crippen MR) is 87.1 cm³/mol. The van der Waals surface area contributed by atoms with Gasteiger partial charge >= 0.3 is 0 Å². The number of rotatable bonds is 4. The molecule has 1 N–H and O–H groups in total. The van der Waals surface area contributed by atoms with Crippen molar-refractivity contribution in [3.63, 3.8) is 0 Å². The molecule has 0 bridgehead atoms. The molecule has 0 atom stereocenters. The van der Waals surface area contributed by atoms with Crippen LogP contribution in [0.2, 0.25) is 0 Å². The molecule has 1 aromatic rings. The summed E-state index contributed by atoms with van der Waals surface area (Å²) in [6.45, 7) is 6.70. The zero-order chi connectivity index (χ0) is 14.7. The number of hydrogen-bond acceptors (Lipinski definition) is 3. The van der Waals surface area contributed by atoms with E-state index >= 15 is 0 Å². The fourth-order valence-corrected chi connectivity index (χ4v) is 3.01. The first-order valence-electron chi connectivity index (χ1n) is 7.48. The van der Waals surface area contributed by atoms with E-state index in [9.17, 15) is 4.79 Å². The summed E-state index contributed by atoms with van der Waals surface area (Å²) < 4.78 is 1.79. The summed E-state index contributed by atoms with van der Waals surface area (Å²) in [5, 5.41) is 7.54. The van der Waals surface area contributed by atoms with Crippen molar-refractivity contribution in [3.05, 3.63) is 17.0 Å². The number of likely N-dealkylation sites (tertiary alicyclic amines) is 1. The third-order valence-electron chi connectivity index (χ3n) is 4.43. The van der Waals surface area contributed by atoms with Crippen LogP contribution in [0.3, 0.4) is 0 Å². The lowest BCUT2D eigenvalue weighted by Crippen LogP contribution is -2.39. The first-order valence-corrected chi connectivity index (χ1v) is 7.48. The van der Waals surface area contributed by atoms with E-state index < -0.39 is 0 Å². The lowest BCUT2D eigenvalue weighted by molar-refractivity contribution is 0.0685. The van der Waals surface area contributed by atoms with E-state index in [1.54, 1.807) is 4.68 Å². The second kappa shape index (κ2) is 7.80. The lowest BCUT2D eigenvalue weighted by Gasteiger charge is -2.32. The highest BCUT2D eigenvalue weighted by molar-refractivity contribution is 5.96. The van der Waals surface area contributed by atoms with Gasteiger partial charge in [0.25, 0.3) is 5.91 Å². The molecule has 120 valence electrons. The number of carbonyl (C=O) groups excluding carboxylic acids is 1. The van der Waals surface area contributed by atoms with Gasteiger partial charge in [0.05, 0.1) is 11.3 Å². The van der Waals surface area contributed by atoms with E-state index in [0.717, 1.165) is 55.3 Å². The van der Waals surface area contributed by atoms with Gasteiger partial charge in [-0.25, -0.2) is 0 Å². The Morgan fingerprint density at radius 2 is 1.95 bits per heavy atom. The molecule has 2 heterocycles. The van der Waals surface area contributed by atoms with E-state index in [-0.39, 0.29) is 18.3 Å². The van der Waals surface area contributed by atoms with Gasteiger partial charge in [-0.15, -0.1) is 12.4 Å². The van der Waals surface area contributed by atoms with Crippen molar-refractivity contribution in [2.24, 2.45) is 13.0 Å². The molecule has 1 saturated heterocycles. The molecular weight excluding hydrogens is 288 g/mol. The van der Waals surface area contributed by atoms with Crippen molar-refractivity contribution in [1.29, 1.82) is 0 Å². The fraction of sp³-hybridized carbons (Fsp3) is 0.733. The second-order valence-corrected chi connectivity index (χ2v) is 5.80. The van der Waals surface area contributed by atoms with Gasteiger partial charge in [-0.3, -0.25) is 9.48 Å². The van der Waals surface area contributed by atoms with Crippen molar-refractivity contribution >= 4 is 18.3 Å². The fourth-order valence-electron chi connectivity index (χ4n) is 3.01. The molecule has 1 fully saturated rings. The van der Waals surface area contributed by atoms with Gasteiger partial charge in [-0.05, 0) is 52.6 Å². The zero-order valence-corrected chi connectivity index (χ0v) is 14.3. The van der Waals surface area contributed by atoms with Crippen molar-refractivity contribution in [2.75, 3.05) is 26.7 Å². The molecule has 6 heteroatoms. The molecule has 1 aliphatic heterocycles. The molecule has 0 spiro atoms. The molecule has 21 heavy (non-hydrogen) atoms. The van der Waals surface area contributed by atoms with E-state index in [4.69, 9.17) is 0 Å². The summed E-state index contributed by atoms with van der Waals surface area (Å²) in [6, 6.07) is 0. The van der Waals surface area contributed by atoms with Crippen LogP contribution in [0, 0.1) is 19.8 Å². The van der Waals surface area contributed by atoms with Gasteiger partial charge in [-0.1, -0.05) is 0 Å². The Labute approximate surface area is 133 Å². The summed E-state index contributed by atoms with van der Waals surface area (Å²) in [4.78, 5) is 14.6. The Kier molecular flexibility index (Phi) is 6.68. The third-order valence-corrected chi connectivity index (χ3v) is 4.43. The van der Waals surface area contributed by atoms with Gasteiger partial charge < -0.3 is 10.2 Å². The average molecular weight is 315 g/mol. The van der Waals surface area contributed by atoms with Crippen LogP contribution in [0.5, 0.6) is 0 Å². The van der Waals surface area contributed by atoms with Gasteiger partial charge in [0.15, 0.2) is 0 Å². The van der Waals surface area contributed by atoms with Gasteiger partial charge in [0.2, 0.25) is 0 Å². The summed E-state index contributed by atoms with van der Waals surface area (Å²) in [5.41, 5.74) is 2.60. The Morgan fingerprint density at radius 1 is 1.33 bits per heavy atom. The summed E-state index contributed by atoms with van der Waals surface area (Å²) in [6.07, 6.45) is 3.45. The van der Waals surface area contributed by atoms with Gasteiger partial charge in [-0.2, -0.15) is 5.10 Å². The smallest absolute Gasteiger partial charge is 0.257 e. The topological polar surface area (TPSA) is 50.2 Å². The number of piperidine rings is 1. The number of carbonyl (C=O) groups is 1. The summed E-state index contributed by atoms with van der Waals surface area (Å²) >= 11 is 0. The first-order chi connectivity index (χ1) is 9.54. The number of halogens is 1. The average Bonchev–Trinajstić information content (AvgIpc) is 2.70. The van der Waals surface area contributed by atoms with Crippen molar-refractivity contribution in [3.8, 4) is 0 Å². The summed E-state index contributed by atoms with van der Waals surface area (Å²) in [7, 11) is 3.88. The second-order valence-electron chi connectivity index (χ2n) is 5.80. The van der Waals surface area contributed by atoms with E-state index in [1.165, 1.54) is 6.42 Å². The van der Waals surface area contributed by atoms with E-state index in [2.05, 4.69) is 10.4 Å². The maximum atomic E-state index is 12.6. The molecule has 0 radical (unpaired) electrons. The molecule has 1 aromatic heterocycles. The maximum absolute atomic E-state index is 12.6. The normalized spacial score (nSPS) is 15.9. The minimum absolute atomic E-state index is 0. The van der Waals surface area contributed by atoms with Crippen molar-refractivity contribution in [1.82, 2.24) is 20.0 Å². The number of aromatic nitrogens is 2. The minimum Gasteiger partial charge on any atom is -0.339 e. The standard InChI is InChI=1S/C15H26N4O.ClH/c1-11-14(12(2)18(4)17-11)15(20)19-9-6-13(7-10-19)5-8-16-3;/h13,16H,5-10H2,1-4H3;1H. The minimum atomic E-state index is 0. The molecule has 1 aliphatic rings. The molecular formula is C15H27ClN4O. The maximum Gasteiger partial charge on any atom is 0.257 e. The Hall–Kier alpha value is -1.07. The van der Waals surface area contributed by atoms with Crippen LogP contribution < -0.4 is 5.32 Å². The zero-order valence-electron chi connectivity index (χ0n) is 13.5. The first kappa shape index (κ1) is 18.0. The Morgan fingerprint density at radius 3 is 2.43 bits per heavy atom. The van der Waals surface area contributed by atoms with Crippen LogP contribution in [-0.2, 0) is 7.05 Å². The molecule has 2 rings (SSSR count). The predicted octanol–water partition coefficient (Wildman–Crippen LogP) is 1.92. The van der Waals surface area contributed by atoms with E-state index in [1.807, 2.05) is 32.8 Å². The van der Waals surface area contributed by atoms with Crippen LogP contribution in [0.15, 0.2) is 0 Å². The Balaban J connectivity index is 0.00000220. The van der Waals surface area contributed by atoms with Crippen LogP contribution >= 0.6 is 12.4 Å². The molecule has 5 nitrogen and oxygen atoms in total. The molecule has 0 aromatic carbocycles. The molecule has 0 aliphatic carbocycles. The quantitative estimate of drug-likeness (QED) is 0.924. The van der Waals surface area contributed by atoms with Gasteiger partial charge in [0.1, 0.15) is 0 Å². The van der Waals surface area contributed by atoms with Crippen LogP contribution in [0.25, 0.3) is 0 Å². The summed E-state index contributed by atoms with van der Waals surface area (Å²) in [5.74, 6) is 0.905. The van der Waals surface area contributed by atoms with Gasteiger partial charge in [0, 0.05) is 25.8 Å². The van der Waals surface area contributed by atoms with Crippen molar-refractivity contribution < 1.29 is 4.79 Å². The highest BCUT2D eigenvalue weighted by Gasteiger charge is 2.26. The molecule has 0 unspecified atom stereocenters. The monoisotopic (exact) mass is 314 g/mol. The van der Waals surface area contributed by atoms with E-state index in [0.29, 0.717) is 0 Å². The van der Waals surface area contributed by atoms with Crippen LogP contribution in [0.1, 0.15) is 41.0 Å². The SMILES string of the molecule is CNCCC1CCN(C(=O)c2c(C)nn(C)c2C)CC1.Cl. The van der Waals surface area contributed by atoms with Crippen LogP contribution in [-0.4, -0.2) is 47.3 Å². The highest BCUT2D eigenvalue weighted by atomic mass is 35.5. The van der Waals surface area contributed by atoms with Crippen molar-refractivity contribution in [2.45, 2.75) is 33.1 Å². The molecule has 1 amide bonds. The number of nitrogens with one attached hydrogen (secondary N) is 1. The molecule has 0 saturated carbocycles. The number of hydrogen-bond donors (Lipinski definition) is 1. The number of amides is 1. The third kappa shape index (κ3) is 3.98. The number of aryl methyl sites for hydroxylation is 2. The van der Waals surface area contributed by atoms with Crippen LogP contribution in [0.4, 0.5) is 0 Å². The lowest BCUT2D eigenvalue weighted by atomic mass is 9.93.